The Morgan fingerprint density at radius 2 is 1.71 bits per heavy atom. The highest BCUT2D eigenvalue weighted by Crippen LogP contribution is 2.24. The number of hydrogen-bond donors (Lipinski definition) is 3. The van der Waals surface area contributed by atoms with Crippen LogP contribution < -0.4 is 21.1 Å². The van der Waals surface area contributed by atoms with E-state index in [-0.39, 0.29) is 37.3 Å². The molecular weight excluding hydrogens is 330 g/mol. The second-order valence-corrected chi connectivity index (χ2v) is 5.50. The Bertz CT molecular complexity index is 508. The standard InChI is InChI=1S/C17H27N3O3.ClH/c1-4-17(5-2,12-18)16(22)20-11-15(21)19-10-13-6-8-14(23-3)9-7-13;/h6-9H,4-5,10-12,18H2,1-3H3,(H,19,21)(H,20,22);1H. The van der Waals surface area contributed by atoms with Crippen LogP contribution in [0.1, 0.15) is 32.3 Å². The molecular formula is C17H28ClN3O3. The number of halogens is 1. The summed E-state index contributed by atoms with van der Waals surface area (Å²) in [5.41, 5.74) is 6.10. The van der Waals surface area contributed by atoms with E-state index >= 15 is 0 Å². The van der Waals surface area contributed by atoms with Crippen molar-refractivity contribution in [3.05, 3.63) is 29.8 Å². The fraction of sp³-hybridized carbons (Fsp3) is 0.529. The fourth-order valence-corrected chi connectivity index (χ4v) is 2.31. The summed E-state index contributed by atoms with van der Waals surface area (Å²) in [4.78, 5) is 24.1. The highest BCUT2D eigenvalue weighted by Gasteiger charge is 2.33. The predicted molar refractivity (Wildman–Crippen MR) is 97.2 cm³/mol. The largest absolute Gasteiger partial charge is 0.497 e. The van der Waals surface area contributed by atoms with Gasteiger partial charge in [0.25, 0.3) is 0 Å². The van der Waals surface area contributed by atoms with Gasteiger partial charge in [0, 0.05) is 13.1 Å². The van der Waals surface area contributed by atoms with E-state index in [0.717, 1.165) is 11.3 Å². The number of ether oxygens (including phenoxy) is 1. The number of hydrogen-bond acceptors (Lipinski definition) is 4. The Balaban J connectivity index is 0.00000529. The van der Waals surface area contributed by atoms with Crippen molar-refractivity contribution in [1.29, 1.82) is 0 Å². The summed E-state index contributed by atoms with van der Waals surface area (Å²) in [6.07, 6.45) is 1.30. The van der Waals surface area contributed by atoms with Crippen molar-refractivity contribution in [2.75, 3.05) is 20.2 Å². The Hall–Kier alpha value is -1.79. The van der Waals surface area contributed by atoms with Crippen LogP contribution in [-0.4, -0.2) is 32.0 Å². The SMILES string of the molecule is CCC(CC)(CN)C(=O)NCC(=O)NCc1ccc(OC)cc1.Cl. The number of rotatable bonds is 9. The van der Waals surface area contributed by atoms with Gasteiger partial charge in [0.1, 0.15) is 5.75 Å². The van der Waals surface area contributed by atoms with Crippen molar-refractivity contribution >= 4 is 24.2 Å². The average Bonchev–Trinajstić information content (AvgIpc) is 2.60. The summed E-state index contributed by atoms with van der Waals surface area (Å²) in [7, 11) is 1.60. The normalized spacial score (nSPS) is 10.5. The Morgan fingerprint density at radius 3 is 2.17 bits per heavy atom. The van der Waals surface area contributed by atoms with Crippen molar-refractivity contribution in [1.82, 2.24) is 10.6 Å². The maximum Gasteiger partial charge on any atom is 0.239 e. The summed E-state index contributed by atoms with van der Waals surface area (Å²) < 4.78 is 5.08. The molecule has 0 saturated carbocycles. The molecule has 0 atom stereocenters. The van der Waals surface area contributed by atoms with E-state index in [1.165, 1.54) is 0 Å². The molecule has 0 saturated heterocycles. The summed E-state index contributed by atoms with van der Waals surface area (Å²) >= 11 is 0. The Kier molecular flexibility index (Phi) is 10.1. The summed E-state index contributed by atoms with van der Waals surface area (Å²) in [6, 6.07) is 7.43. The van der Waals surface area contributed by atoms with E-state index in [9.17, 15) is 9.59 Å². The zero-order valence-electron chi connectivity index (χ0n) is 14.6. The van der Waals surface area contributed by atoms with Gasteiger partial charge in [-0.3, -0.25) is 9.59 Å². The maximum absolute atomic E-state index is 12.2. The van der Waals surface area contributed by atoms with Crippen molar-refractivity contribution in [2.24, 2.45) is 11.1 Å². The van der Waals surface area contributed by atoms with Gasteiger partial charge in [-0.15, -0.1) is 12.4 Å². The number of carbonyl (C=O) groups is 2. The van der Waals surface area contributed by atoms with E-state index in [0.29, 0.717) is 19.4 Å². The van der Waals surface area contributed by atoms with Crippen LogP contribution in [0.2, 0.25) is 0 Å². The first-order valence-electron chi connectivity index (χ1n) is 7.89. The summed E-state index contributed by atoms with van der Waals surface area (Å²) in [5, 5.41) is 5.45. The molecule has 0 fully saturated rings. The number of benzene rings is 1. The third-order valence-corrected chi connectivity index (χ3v) is 4.28. The summed E-state index contributed by atoms with van der Waals surface area (Å²) in [6.45, 7) is 4.50. The molecule has 0 aliphatic heterocycles. The van der Waals surface area contributed by atoms with Crippen molar-refractivity contribution in [3.63, 3.8) is 0 Å². The second-order valence-electron chi connectivity index (χ2n) is 5.50. The molecule has 1 aromatic rings. The van der Waals surface area contributed by atoms with Gasteiger partial charge in [0.15, 0.2) is 0 Å². The van der Waals surface area contributed by atoms with E-state index in [2.05, 4.69) is 10.6 Å². The molecule has 0 aliphatic rings. The van der Waals surface area contributed by atoms with E-state index in [1.54, 1.807) is 7.11 Å². The lowest BCUT2D eigenvalue weighted by Crippen LogP contribution is -2.48. The fourth-order valence-electron chi connectivity index (χ4n) is 2.31. The smallest absolute Gasteiger partial charge is 0.239 e. The van der Waals surface area contributed by atoms with E-state index < -0.39 is 5.41 Å². The lowest BCUT2D eigenvalue weighted by atomic mass is 9.81. The molecule has 1 rings (SSSR count). The first kappa shape index (κ1) is 22.2. The van der Waals surface area contributed by atoms with Crippen LogP contribution in [-0.2, 0) is 16.1 Å². The van der Waals surface area contributed by atoms with Crippen LogP contribution in [0.4, 0.5) is 0 Å². The molecule has 2 amide bonds. The Labute approximate surface area is 149 Å². The molecule has 1 aromatic carbocycles. The van der Waals surface area contributed by atoms with Gasteiger partial charge in [0.05, 0.1) is 19.1 Å². The van der Waals surface area contributed by atoms with Gasteiger partial charge in [0.2, 0.25) is 11.8 Å². The van der Waals surface area contributed by atoms with Crippen LogP contribution in [0.5, 0.6) is 5.75 Å². The maximum atomic E-state index is 12.2. The third kappa shape index (κ3) is 6.02. The quantitative estimate of drug-likeness (QED) is 0.626. The first-order chi connectivity index (χ1) is 11.0. The number of carbonyl (C=O) groups excluding carboxylic acids is 2. The van der Waals surface area contributed by atoms with Crippen LogP contribution in [0.15, 0.2) is 24.3 Å². The monoisotopic (exact) mass is 357 g/mol. The molecule has 6 nitrogen and oxygen atoms in total. The molecule has 4 N–H and O–H groups in total. The minimum absolute atomic E-state index is 0. The zero-order valence-corrected chi connectivity index (χ0v) is 15.4. The molecule has 0 unspecified atom stereocenters. The van der Waals surface area contributed by atoms with Gasteiger partial charge in [-0.05, 0) is 30.5 Å². The number of nitrogens with one attached hydrogen (secondary N) is 2. The van der Waals surface area contributed by atoms with Gasteiger partial charge in [-0.25, -0.2) is 0 Å². The van der Waals surface area contributed by atoms with Crippen LogP contribution in [0.3, 0.4) is 0 Å². The van der Waals surface area contributed by atoms with E-state index in [1.807, 2.05) is 38.1 Å². The molecule has 0 bridgehead atoms. The average molecular weight is 358 g/mol. The molecule has 0 aromatic heterocycles. The minimum Gasteiger partial charge on any atom is -0.497 e. The highest BCUT2D eigenvalue weighted by molar-refractivity contribution is 5.88. The molecule has 0 spiro atoms. The lowest BCUT2D eigenvalue weighted by Gasteiger charge is -2.28. The molecule has 0 radical (unpaired) electrons. The third-order valence-electron chi connectivity index (χ3n) is 4.28. The number of methoxy groups -OCH3 is 1. The molecule has 24 heavy (non-hydrogen) atoms. The first-order valence-corrected chi connectivity index (χ1v) is 7.89. The van der Waals surface area contributed by atoms with Gasteiger partial charge < -0.3 is 21.1 Å². The zero-order chi connectivity index (χ0) is 17.3. The van der Waals surface area contributed by atoms with Crippen molar-refractivity contribution < 1.29 is 14.3 Å². The molecule has 136 valence electrons. The predicted octanol–water partition coefficient (Wildman–Crippen LogP) is 1.61. The summed E-state index contributed by atoms with van der Waals surface area (Å²) in [5.74, 6) is 0.376. The minimum atomic E-state index is -0.587. The van der Waals surface area contributed by atoms with Gasteiger partial charge in [-0.2, -0.15) is 0 Å². The van der Waals surface area contributed by atoms with Gasteiger partial charge >= 0.3 is 0 Å². The van der Waals surface area contributed by atoms with Crippen LogP contribution >= 0.6 is 12.4 Å². The highest BCUT2D eigenvalue weighted by atomic mass is 35.5. The topological polar surface area (TPSA) is 93.5 Å². The van der Waals surface area contributed by atoms with Gasteiger partial charge in [-0.1, -0.05) is 26.0 Å². The van der Waals surface area contributed by atoms with Crippen LogP contribution in [0.25, 0.3) is 0 Å². The molecule has 7 heteroatoms. The molecule has 0 heterocycles. The van der Waals surface area contributed by atoms with Crippen LogP contribution in [0, 0.1) is 5.41 Å². The lowest BCUT2D eigenvalue weighted by molar-refractivity contribution is -0.133. The van der Waals surface area contributed by atoms with Crippen molar-refractivity contribution in [2.45, 2.75) is 33.2 Å². The van der Waals surface area contributed by atoms with Crippen molar-refractivity contribution in [3.8, 4) is 5.75 Å². The molecule has 0 aliphatic carbocycles. The van der Waals surface area contributed by atoms with E-state index in [4.69, 9.17) is 10.5 Å². The second kappa shape index (κ2) is 10.9. The Morgan fingerprint density at radius 1 is 1.12 bits per heavy atom. The number of nitrogens with two attached hydrogens (primary N) is 1. The number of amides is 2.